The predicted octanol–water partition coefficient (Wildman–Crippen LogP) is 2.01. The van der Waals surface area contributed by atoms with Crippen molar-refractivity contribution in [3.8, 4) is 0 Å². The van der Waals surface area contributed by atoms with E-state index in [-0.39, 0.29) is 5.82 Å². The van der Waals surface area contributed by atoms with Gasteiger partial charge < -0.3 is 5.32 Å². The van der Waals surface area contributed by atoms with Gasteiger partial charge in [-0.15, -0.1) is 0 Å². The van der Waals surface area contributed by atoms with Crippen molar-refractivity contribution in [3.63, 3.8) is 0 Å². The lowest BCUT2D eigenvalue weighted by atomic mass is 9.94. The maximum absolute atomic E-state index is 12.8. The molecule has 2 unspecified atom stereocenters. The Kier molecular flexibility index (Phi) is 3.12. The van der Waals surface area contributed by atoms with E-state index < -0.39 is 0 Å². The van der Waals surface area contributed by atoms with Gasteiger partial charge >= 0.3 is 0 Å². The molecule has 1 N–H and O–H groups in total. The van der Waals surface area contributed by atoms with Gasteiger partial charge in [0.1, 0.15) is 5.82 Å². The van der Waals surface area contributed by atoms with E-state index in [4.69, 9.17) is 0 Å². The first-order chi connectivity index (χ1) is 8.31. The van der Waals surface area contributed by atoms with E-state index in [9.17, 15) is 4.39 Å². The van der Waals surface area contributed by atoms with Crippen molar-refractivity contribution >= 4 is 0 Å². The lowest BCUT2D eigenvalue weighted by Gasteiger charge is -2.24. The summed E-state index contributed by atoms with van der Waals surface area (Å²) < 4.78 is 12.8. The maximum Gasteiger partial charge on any atom is 0.123 e. The molecule has 2 aliphatic rings. The lowest BCUT2D eigenvalue weighted by molar-refractivity contribution is 0.312. The molecule has 0 radical (unpaired) electrons. The first kappa shape index (κ1) is 11.2. The highest BCUT2D eigenvalue weighted by atomic mass is 19.1. The van der Waals surface area contributed by atoms with E-state index in [1.54, 1.807) is 12.1 Å². The molecule has 0 aliphatic carbocycles. The summed E-state index contributed by atoms with van der Waals surface area (Å²) in [5, 5.41) is 3.60. The molecule has 0 amide bonds. The summed E-state index contributed by atoms with van der Waals surface area (Å²) in [5.74, 6) is 0.676. The number of hydrogen-bond donors (Lipinski definition) is 1. The molecular formula is C14H19FN2. The number of nitrogens with one attached hydrogen (secondary N) is 1. The normalized spacial score (nSPS) is 29.2. The van der Waals surface area contributed by atoms with Gasteiger partial charge in [-0.1, -0.05) is 12.1 Å². The van der Waals surface area contributed by atoms with Crippen LogP contribution in [-0.4, -0.2) is 30.6 Å². The summed E-state index contributed by atoms with van der Waals surface area (Å²) in [5.41, 5.74) is 1.21. The van der Waals surface area contributed by atoms with Gasteiger partial charge in [-0.25, -0.2) is 4.39 Å². The molecule has 0 bridgehead atoms. The first-order valence-corrected chi connectivity index (χ1v) is 6.51. The van der Waals surface area contributed by atoms with E-state index in [0.29, 0.717) is 6.04 Å². The molecule has 1 aromatic carbocycles. The monoisotopic (exact) mass is 234 g/mol. The number of hydrogen-bond acceptors (Lipinski definition) is 2. The zero-order valence-electron chi connectivity index (χ0n) is 10.0. The van der Waals surface area contributed by atoms with Crippen molar-refractivity contribution in [2.45, 2.75) is 25.4 Å². The number of nitrogens with zero attached hydrogens (tertiary/aromatic N) is 1. The van der Waals surface area contributed by atoms with Crippen molar-refractivity contribution < 1.29 is 4.39 Å². The minimum absolute atomic E-state index is 0.148. The van der Waals surface area contributed by atoms with Crippen LogP contribution in [0.4, 0.5) is 4.39 Å². The van der Waals surface area contributed by atoms with Gasteiger partial charge in [0.15, 0.2) is 0 Å². The van der Waals surface area contributed by atoms with Crippen LogP contribution >= 0.6 is 0 Å². The molecule has 3 rings (SSSR count). The topological polar surface area (TPSA) is 15.3 Å². The zero-order valence-corrected chi connectivity index (χ0v) is 10.0. The van der Waals surface area contributed by atoms with Gasteiger partial charge in [-0.05, 0) is 43.0 Å². The fourth-order valence-electron chi connectivity index (χ4n) is 3.11. The second-order valence-corrected chi connectivity index (χ2v) is 5.28. The fraction of sp³-hybridized carbons (Fsp3) is 0.571. The third kappa shape index (κ3) is 2.50. The summed E-state index contributed by atoms with van der Waals surface area (Å²) in [7, 11) is 0. The SMILES string of the molecule is Fc1ccc(CN2CC3CCCNC3C2)cc1. The number of benzene rings is 1. The summed E-state index contributed by atoms with van der Waals surface area (Å²) in [6.07, 6.45) is 2.67. The standard InChI is InChI=1S/C14H19FN2/c15-13-5-3-11(4-6-13)8-17-9-12-2-1-7-16-14(12)10-17/h3-6,12,14,16H,1-2,7-10H2. The number of halogens is 1. The quantitative estimate of drug-likeness (QED) is 0.842. The molecule has 17 heavy (non-hydrogen) atoms. The molecule has 2 fully saturated rings. The highest BCUT2D eigenvalue weighted by molar-refractivity contribution is 5.16. The van der Waals surface area contributed by atoms with Gasteiger partial charge in [0.2, 0.25) is 0 Å². The third-order valence-corrected chi connectivity index (χ3v) is 3.99. The average molecular weight is 234 g/mol. The second-order valence-electron chi connectivity index (χ2n) is 5.28. The minimum Gasteiger partial charge on any atom is -0.312 e. The van der Waals surface area contributed by atoms with Crippen LogP contribution in [0.5, 0.6) is 0 Å². The molecule has 92 valence electrons. The van der Waals surface area contributed by atoms with Gasteiger partial charge in [0, 0.05) is 25.7 Å². The van der Waals surface area contributed by atoms with Crippen molar-refractivity contribution in [2.24, 2.45) is 5.92 Å². The predicted molar refractivity (Wildman–Crippen MR) is 66.2 cm³/mol. The Labute approximate surface area is 102 Å². The van der Waals surface area contributed by atoms with Gasteiger partial charge in [-0.2, -0.15) is 0 Å². The molecule has 2 aliphatic heterocycles. The maximum atomic E-state index is 12.8. The van der Waals surface area contributed by atoms with Gasteiger partial charge in [0.05, 0.1) is 0 Å². The molecule has 0 aromatic heterocycles. The average Bonchev–Trinajstić information content (AvgIpc) is 2.74. The second kappa shape index (κ2) is 4.75. The largest absolute Gasteiger partial charge is 0.312 e. The highest BCUT2D eigenvalue weighted by Crippen LogP contribution is 2.25. The van der Waals surface area contributed by atoms with Crippen LogP contribution in [0.2, 0.25) is 0 Å². The van der Waals surface area contributed by atoms with Crippen LogP contribution in [0.3, 0.4) is 0 Å². The smallest absolute Gasteiger partial charge is 0.123 e. The van der Waals surface area contributed by atoms with Crippen LogP contribution in [0, 0.1) is 11.7 Å². The van der Waals surface area contributed by atoms with Crippen molar-refractivity contribution in [3.05, 3.63) is 35.6 Å². The minimum atomic E-state index is -0.148. The van der Waals surface area contributed by atoms with E-state index in [0.717, 1.165) is 19.0 Å². The molecule has 2 saturated heterocycles. The van der Waals surface area contributed by atoms with E-state index in [1.165, 1.54) is 31.5 Å². The van der Waals surface area contributed by atoms with Crippen molar-refractivity contribution in [1.82, 2.24) is 10.2 Å². The zero-order chi connectivity index (χ0) is 11.7. The van der Waals surface area contributed by atoms with Crippen LogP contribution in [0.25, 0.3) is 0 Å². The Morgan fingerprint density at radius 2 is 2.06 bits per heavy atom. The molecular weight excluding hydrogens is 215 g/mol. The highest BCUT2D eigenvalue weighted by Gasteiger charge is 2.33. The van der Waals surface area contributed by atoms with Crippen molar-refractivity contribution in [2.75, 3.05) is 19.6 Å². The number of fused-ring (bicyclic) bond motifs is 1. The molecule has 2 heterocycles. The molecule has 1 aromatic rings. The number of likely N-dealkylation sites (tertiary alicyclic amines) is 1. The Balaban J connectivity index is 1.61. The van der Waals surface area contributed by atoms with E-state index >= 15 is 0 Å². The van der Waals surface area contributed by atoms with Crippen LogP contribution in [-0.2, 0) is 6.54 Å². The first-order valence-electron chi connectivity index (χ1n) is 6.51. The molecule has 3 heteroatoms. The van der Waals surface area contributed by atoms with Crippen LogP contribution in [0.1, 0.15) is 18.4 Å². The third-order valence-electron chi connectivity index (χ3n) is 3.99. The lowest BCUT2D eigenvalue weighted by Crippen LogP contribution is -2.40. The van der Waals surface area contributed by atoms with Crippen LogP contribution in [0.15, 0.2) is 24.3 Å². The molecule has 0 spiro atoms. The summed E-state index contributed by atoms with van der Waals surface area (Å²) in [6, 6.07) is 7.58. The van der Waals surface area contributed by atoms with E-state index in [2.05, 4.69) is 10.2 Å². The Morgan fingerprint density at radius 3 is 2.82 bits per heavy atom. The Hall–Kier alpha value is -0.930. The Bertz CT molecular complexity index is 362. The summed E-state index contributed by atoms with van der Waals surface area (Å²) in [6.45, 7) is 4.46. The molecule has 0 saturated carbocycles. The molecule has 2 nitrogen and oxygen atoms in total. The van der Waals surface area contributed by atoms with Crippen LogP contribution < -0.4 is 5.32 Å². The van der Waals surface area contributed by atoms with Gasteiger partial charge in [0.25, 0.3) is 0 Å². The fourth-order valence-corrected chi connectivity index (χ4v) is 3.11. The summed E-state index contributed by atoms with van der Waals surface area (Å²) in [4.78, 5) is 2.49. The molecule has 2 atom stereocenters. The number of piperidine rings is 1. The number of rotatable bonds is 2. The van der Waals surface area contributed by atoms with Gasteiger partial charge in [-0.3, -0.25) is 4.90 Å². The van der Waals surface area contributed by atoms with Crippen molar-refractivity contribution in [1.29, 1.82) is 0 Å². The van der Waals surface area contributed by atoms with E-state index in [1.807, 2.05) is 12.1 Å². The Morgan fingerprint density at radius 1 is 1.24 bits per heavy atom. The summed E-state index contributed by atoms with van der Waals surface area (Å²) >= 11 is 0.